The number of fused-ring (bicyclic) bond motifs is 1. The maximum Gasteiger partial charge on any atom is 0.356 e. The van der Waals surface area contributed by atoms with Gasteiger partial charge in [0.15, 0.2) is 5.69 Å². The summed E-state index contributed by atoms with van der Waals surface area (Å²) in [7, 11) is 0. The first kappa shape index (κ1) is 19.5. The summed E-state index contributed by atoms with van der Waals surface area (Å²) in [5.74, 6) is -1.19. The molecule has 6 nitrogen and oxygen atoms in total. The number of H-pyrrole nitrogens is 1. The molecule has 0 amide bonds. The zero-order chi connectivity index (χ0) is 22.1. The van der Waals surface area contributed by atoms with Crippen molar-refractivity contribution in [2.24, 2.45) is 0 Å². The molecule has 0 bridgehead atoms. The molecule has 0 saturated heterocycles. The van der Waals surface area contributed by atoms with Crippen molar-refractivity contribution in [3.05, 3.63) is 118 Å². The molecule has 0 aliphatic carbocycles. The van der Waals surface area contributed by atoms with Gasteiger partial charge in [0.2, 0.25) is 0 Å². The predicted molar refractivity (Wildman–Crippen MR) is 123 cm³/mol. The van der Waals surface area contributed by atoms with Crippen molar-refractivity contribution in [3.8, 4) is 22.4 Å². The third-order valence-corrected chi connectivity index (χ3v) is 5.39. The first-order valence-electron chi connectivity index (χ1n) is 10.2. The van der Waals surface area contributed by atoms with Crippen molar-refractivity contribution < 1.29 is 9.90 Å². The van der Waals surface area contributed by atoms with Crippen molar-refractivity contribution in [3.63, 3.8) is 0 Å². The minimum atomic E-state index is -1.19. The van der Waals surface area contributed by atoms with E-state index in [1.165, 1.54) is 11.6 Å². The Hall–Kier alpha value is -4.45. The molecule has 0 radical (unpaired) electrons. The van der Waals surface area contributed by atoms with Gasteiger partial charge in [-0.25, -0.2) is 4.79 Å². The van der Waals surface area contributed by atoms with Crippen LogP contribution in [0.15, 0.2) is 95.8 Å². The van der Waals surface area contributed by atoms with Crippen LogP contribution in [0.2, 0.25) is 0 Å². The van der Waals surface area contributed by atoms with Crippen LogP contribution in [0.5, 0.6) is 0 Å². The topological polar surface area (TPSA) is 87.5 Å². The SMILES string of the molecule is O=C(O)c1cc2[nH]c(-c3ccc(Cc4ccccc4)cc3)c(-c3ccccc3)c(=O)n2n1. The molecule has 0 aliphatic rings. The summed E-state index contributed by atoms with van der Waals surface area (Å²) in [5.41, 5.74) is 4.77. The molecule has 2 aromatic heterocycles. The van der Waals surface area contributed by atoms with E-state index >= 15 is 0 Å². The zero-order valence-electron chi connectivity index (χ0n) is 17.0. The maximum absolute atomic E-state index is 13.4. The van der Waals surface area contributed by atoms with Crippen LogP contribution >= 0.6 is 0 Å². The highest BCUT2D eigenvalue weighted by Crippen LogP contribution is 2.29. The molecular weight excluding hydrogens is 402 g/mol. The fourth-order valence-corrected chi connectivity index (χ4v) is 3.84. The summed E-state index contributed by atoms with van der Waals surface area (Å²) < 4.78 is 1.11. The molecule has 0 saturated carbocycles. The molecule has 2 N–H and O–H groups in total. The highest BCUT2D eigenvalue weighted by Gasteiger charge is 2.19. The van der Waals surface area contributed by atoms with Crippen LogP contribution in [0.3, 0.4) is 0 Å². The van der Waals surface area contributed by atoms with Crippen molar-refractivity contribution in [2.75, 3.05) is 0 Å². The number of carbonyl (C=O) groups is 1. The van der Waals surface area contributed by atoms with Gasteiger partial charge in [0, 0.05) is 6.07 Å². The van der Waals surface area contributed by atoms with Gasteiger partial charge in [0.1, 0.15) is 5.65 Å². The quantitative estimate of drug-likeness (QED) is 0.433. The second kappa shape index (κ2) is 8.00. The van der Waals surface area contributed by atoms with E-state index in [1.807, 2.05) is 72.8 Å². The van der Waals surface area contributed by atoms with E-state index in [0.717, 1.165) is 27.6 Å². The van der Waals surface area contributed by atoms with E-state index in [9.17, 15) is 14.7 Å². The Morgan fingerprint density at radius 2 is 1.47 bits per heavy atom. The third kappa shape index (κ3) is 3.58. The Balaban J connectivity index is 1.65. The number of aromatic amines is 1. The van der Waals surface area contributed by atoms with E-state index in [-0.39, 0.29) is 11.3 Å². The molecule has 32 heavy (non-hydrogen) atoms. The van der Waals surface area contributed by atoms with Crippen molar-refractivity contribution in [1.82, 2.24) is 14.6 Å². The number of carboxylic acid groups (broad SMARTS) is 1. The second-order valence-corrected chi connectivity index (χ2v) is 7.54. The number of carboxylic acids is 1. The highest BCUT2D eigenvalue weighted by atomic mass is 16.4. The summed E-state index contributed by atoms with van der Waals surface area (Å²) >= 11 is 0. The van der Waals surface area contributed by atoms with Crippen LogP contribution in [0, 0.1) is 0 Å². The smallest absolute Gasteiger partial charge is 0.356 e. The lowest BCUT2D eigenvalue weighted by Gasteiger charge is -2.11. The van der Waals surface area contributed by atoms with Crippen LogP contribution < -0.4 is 5.56 Å². The van der Waals surface area contributed by atoms with Crippen LogP contribution in [-0.2, 0) is 6.42 Å². The maximum atomic E-state index is 13.4. The van der Waals surface area contributed by atoms with E-state index in [2.05, 4.69) is 22.2 Å². The zero-order valence-corrected chi connectivity index (χ0v) is 17.0. The van der Waals surface area contributed by atoms with Gasteiger partial charge in [-0.05, 0) is 28.7 Å². The average molecular weight is 421 g/mol. The van der Waals surface area contributed by atoms with Crippen LogP contribution in [0.25, 0.3) is 28.0 Å². The predicted octanol–water partition coefficient (Wildman–Crippen LogP) is 4.65. The normalized spacial score (nSPS) is 11.0. The van der Waals surface area contributed by atoms with Gasteiger partial charge in [0.25, 0.3) is 5.56 Å². The van der Waals surface area contributed by atoms with Crippen molar-refractivity contribution in [2.45, 2.75) is 6.42 Å². The molecule has 0 unspecified atom stereocenters. The largest absolute Gasteiger partial charge is 0.476 e. The summed E-state index contributed by atoms with van der Waals surface area (Å²) in [4.78, 5) is 28.0. The molecule has 0 aliphatic heterocycles. The number of hydrogen-bond acceptors (Lipinski definition) is 3. The molecular formula is C26H19N3O3. The molecule has 3 aromatic carbocycles. The monoisotopic (exact) mass is 421 g/mol. The highest BCUT2D eigenvalue weighted by molar-refractivity contribution is 5.87. The Labute approximate surface area is 183 Å². The molecule has 5 aromatic rings. The lowest BCUT2D eigenvalue weighted by Crippen LogP contribution is -2.19. The number of benzene rings is 3. The average Bonchev–Trinajstić information content (AvgIpc) is 3.26. The number of nitrogens with one attached hydrogen (secondary N) is 1. The summed E-state index contributed by atoms with van der Waals surface area (Å²) in [6.45, 7) is 0. The number of rotatable bonds is 5. The molecule has 2 heterocycles. The van der Waals surface area contributed by atoms with Crippen LogP contribution in [0.1, 0.15) is 21.6 Å². The third-order valence-electron chi connectivity index (χ3n) is 5.39. The second-order valence-electron chi connectivity index (χ2n) is 7.54. The van der Waals surface area contributed by atoms with E-state index < -0.39 is 5.97 Å². The lowest BCUT2D eigenvalue weighted by molar-refractivity contribution is 0.0690. The van der Waals surface area contributed by atoms with Crippen molar-refractivity contribution >= 4 is 11.6 Å². The van der Waals surface area contributed by atoms with E-state index in [1.54, 1.807) is 0 Å². The van der Waals surface area contributed by atoms with E-state index in [0.29, 0.717) is 16.9 Å². The van der Waals surface area contributed by atoms with Gasteiger partial charge in [0.05, 0.1) is 11.3 Å². The number of nitrogens with zero attached hydrogens (tertiary/aromatic N) is 2. The Bertz CT molecular complexity index is 1470. The number of aromatic carboxylic acids is 1. The standard InChI is InChI=1S/C26H19N3O3/c30-25-23(19-9-5-2-6-10-19)24(27-22-16-21(26(31)32)28-29(22)25)20-13-11-18(12-14-20)15-17-7-3-1-4-8-17/h1-14,16,27H,15H2,(H,31,32). The van der Waals surface area contributed by atoms with Gasteiger partial charge >= 0.3 is 5.97 Å². The van der Waals surface area contributed by atoms with Gasteiger partial charge in [-0.2, -0.15) is 9.61 Å². The Kier molecular flexibility index (Phi) is 4.88. The molecule has 5 rings (SSSR count). The van der Waals surface area contributed by atoms with Gasteiger partial charge in [-0.15, -0.1) is 0 Å². The molecule has 0 spiro atoms. The fourth-order valence-electron chi connectivity index (χ4n) is 3.84. The summed E-state index contributed by atoms with van der Waals surface area (Å²) in [6, 6.07) is 28.9. The molecule has 0 fully saturated rings. The molecule has 0 atom stereocenters. The number of aromatic nitrogens is 3. The minimum absolute atomic E-state index is 0.187. The lowest BCUT2D eigenvalue weighted by atomic mass is 9.98. The number of hydrogen-bond donors (Lipinski definition) is 2. The first-order valence-corrected chi connectivity index (χ1v) is 10.2. The molecule has 6 heteroatoms. The first-order chi connectivity index (χ1) is 15.6. The minimum Gasteiger partial charge on any atom is -0.476 e. The fraction of sp³-hybridized carbons (Fsp3) is 0.0385. The van der Waals surface area contributed by atoms with E-state index in [4.69, 9.17) is 0 Å². The summed E-state index contributed by atoms with van der Waals surface area (Å²) in [6.07, 6.45) is 0.812. The Morgan fingerprint density at radius 3 is 2.12 bits per heavy atom. The summed E-state index contributed by atoms with van der Waals surface area (Å²) in [5, 5.41) is 13.3. The van der Waals surface area contributed by atoms with Gasteiger partial charge in [-0.1, -0.05) is 84.9 Å². The van der Waals surface area contributed by atoms with Crippen LogP contribution in [-0.4, -0.2) is 25.7 Å². The van der Waals surface area contributed by atoms with Gasteiger partial charge in [-0.3, -0.25) is 4.79 Å². The van der Waals surface area contributed by atoms with Gasteiger partial charge < -0.3 is 10.1 Å². The molecule has 156 valence electrons. The Morgan fingerprint density at radius 1 is 0.844 bits per heavy atom. The van der Waals surface area contributed by atoms with Crippen LogP contribution in [0.4, 0.5) is 0 Å². The van der Waals surface area contributed by atoms with Crippen molar-refractivity contribution in [1.29, 1.82) is 0 Å².